The van der Waals surface area contributed by atoms with Crippen LogP contribution in [0, 0.1) is 5.41 Å². The zero-order valence-electron chi connectivity index (χ0n) is 20.7. The Kier molecular flexibility index (Phi) is 7.89. The summed E-state index contributed by atoms with van der Waals surface area (Å²) in [4.78, 5) is 41.5. The quantitative estimate of drug-likeness (QED) is 0.560. The van der Waals surface area contributed by atoms with Crippen LogP contribution in [-0.2, 0) is 14.3 Å². The fourth-order valence-electron chi connectivity index (χ4n) is 5.31. The normalized spacial score (nSPS) is 19.9. The summed E-state index contributed by atoms with van der Waals surface area (Å²) in [6.45, 7) is 4.75. The third kappa shape index (κ3) is 6.11. The van der Waals surface area contributed by atoms with Crippen molar-refractivity contribution in [2.75, 3.05) is 13.1 Å². The molecule has 4 rings (SSSR count). The molecular formula is C29H36N2O4. The Morgan fingerprint density at radius 2 is 1.60 bits per heavy atom. The largest absolute Gasteiger partial charge is 0.448 e. The maximum Gasteiger partial charge on any atom is 0.338 e. The number of benzene rings is 2. The van der Waals surface area contributed by atoms with Crippen LogP contribution in [0.1, 0.15) is 74.2 Å². The monoisotopic (exact) mass is 476 g/mol. The second-order valence-corrected chi connectivity index (χ2v) is 10.5. The van der Waals surface area contributed by atoms with E-state index in [0.29, 0.717) is 18.7 Å². The smallest absolute Gasteiger partial charge is 0.338 e. The van der Waals surface area contributed by atoms with Crippen LogP contribution in [-0.4, -0.2) is 47.9 Å². The number of carbonyl (C=O) groups is 3. The minimum atomic E-state index is -1.01. The summed E-state index contributed by atoms with van der Waals surface area (Å²) in [5, 5.41) is 3.13. The van der Waals surface area contributed by atoms with Crippen LogP contribution in [0.5, 0.6) is 0 Å². The number of esters is 1. The minimum absolute atomic E-state index is 0.0603. The topological polar surface area (TPSA) is 75.7 Å². The molecule has 2 amide bonds. The predicted molar refractivity (Wildman–Crippen MR) is 135 cm³/mol. The molecule has 0 radical (unpaired) electrons. The highest BCUT2D eigenvalue weighted by Gasteiger charge is 2.44. The highest BCUT2D eigenvalue weighted by molar-refractivity contribution is 5.92. The highest BCUT2D eigenvalue weighted by Crippen LogP contribution is 2.33. The lowest BCUT2D eigenvalue weighted by Gasteiger charge is -2.37. The maximum absolute atomic E-state index is 13.5. The molecule has 1 aliphatic heterocycles. The number of rotatable bonds is 8. The summed E-state index contributed by atoms with van der Waals surface area (Å²) in [6.07, 6.45) is 4.97. The zero-order chi connectivity index (χ0) is 24.8. The van der Waals surface area contributed by atoms with Crippen LogP contribution in [0.2, 0.25) is 0 Å². The van der Waals surface area contributed by atoms with Gasteiger partial charge in [0.05, 0.1) is 11.5 Å². The summed E-state index contributed by atoms with van der Waals surface area (Å²) in [5.41, 5.74) is 0.643. The molecule has 0 aromatic heterocycles. The lowest BCUT2D eigenvalue weighted by atomic mass is 9.84. The molecule has 186 valence electrons. The summed E-state index contributed by atoms with van der Waals surface area (Å²) in [5.74, 6) is -0.923. The van der Waals surface area contributed by atoms with E-state index in [1.54, 1.807) is 24.3 Å². The van der Waals surface area contributed by atoms with Crippen molar-refractivity contribution >= 4 is 17.8 Å². The third-order valence-electron chi connectivity index (χ3n) is 7.23. The van der Waals surface area contributed by atoms with Crippen molar-refractivity contribution in [1.82, 2.24) is 10.2 Å². The van der Waals surface area contributed by atoms with E-state index in [4.69, 9.17) is 4.74 Å². The van der Waals surface area contributed by atoms with Gasteiger partial charge in [-0.05, 0) is 37.0 Å². The standard InChI is InChI=1S/C29H36N2O4/c1-29(2,20-31-19-18-24(27(31)33)21-12-6-3-7-13-21)25(26(32)30-23-16-10-5-11-17-23)35-28(34)22-14-8-4-9-15-22/h3-4,6-9,12-15,23-25H,5,10-11,16-20H2,1-2H3,(H,30,32)/t24-,25-/m0/s1. The van der Waals surface area contributed by atoms with Gasteiger partial charge in [0.2, 0.25) is 5.91 Å². The van der Waals surface area contributed by atoms with Gasteiger partial charge in [-0.1, -0.05) is 81.6 Å². The predicted octanol–water partition coefficient (Wildman–Crippen LogP) is 4.70. The van der Waals surface area contributed by atoms with E-state index < -0.39 is 17.5 Å². The van der Waals surface area contributed by atoms with Gasteiger partial charge in [0, 0.05) is 24.5 Å². The number of hydrogen-bond donors (Lipinski definition) is 1. The van der Waals surface area contributed by atoms with E-state index in [1.165, 1.54) is 6.42 Å². The average Bonchev–Trinajstić information content (AvgIpc) is 3.23. The molecule has 0 bridgehead atoms. The van der Waals surface area contributed by atoms with Crippen LogP contribution in [0.15, 0.2) is 60.7 Å². The highest BCUT2D eigenvalue weighted by atomic mass is 16.5. The van der Waals surface area contributed by atoms with E-state index in [9.17, 15) is 14.4 Å². The number of carbonyl (C=O) groups excluding carboxylic acids is 3. The van der Waals surface area contributed by atoms with E-state index in [0.717, 1.165) is 37.7 Å². The van der Waals surface area contributed by atoms with Gasteiger partial charge in [-0.3, -0.25) is 9.59 Å². The Bertz CT molecular complexity index is 1020. The summed E-state index contributed by atoms with van der Waals surface area (Å²) >= 11 is 0. The maximum atomic E-state index is 13.5. The number of ether oxygens (including phenoxy) is 1. The molecule has 6 nitrogen and oxygen atoms in total. The fraction of sp³-hybridized carbons (Fsp3) is 0.483. The van der Waals surface area contributed by atoms with Gasteiger partial charge in [-0.25, -0.2) is 4.79 Å². The molecule has 2 aromatic carbocycles. The van der Waals surface area contributed by atoms with Crippen LogP contribution in [0.25, 0.3) is 0 Å². The lowest BCUT2D eigenvalue weighted by molar-refractivity contribution is -0.141. The third-order valence-corrected chi connectivity index (χ3v) is 7.23. The van der Waals surface area contributed by atoms with Crippen LogP contribution in [0.4, 0.5) is 0 Å². The molecule has 2 atom stereocenters. The number of likely N-dealkylation sites (tertiary alicyclic amines) is 1. The van der Waals surface area contributed by atoms with Crippen molar-refractivity contribution in [3.63, 3.8) is 0 Å². The van der Waals surface area contributed by atoms with Gasteiger partial charge < -0.3 is 15.0 Å². The van der Waals surface area contributed by atoms with Crippen LogP contribution >= 0.6 is 0 Å². The summed E-state index contributed by atoms with van der Waals surface area (Å²) < 4.78 is 5.87. The van der Waals surface area contributed by atoms with Crippen LogP contribution in [0.3, 0.4) is 0 Å². The first-order valence-corrected chi connectivity index (χ1v) is 12.8. The van der Waals surface area contributed by atoms with Gasteiger partial charge in [-0.15, -0.1) is 0 Å². The number of nitrogens with zero attached hydrogens (tertiary/aromatic N) is 1. The lowest BCUT2D eigenvalue weighted by Crippen LogP contribution is -2.53. The SMILES string of the molecule is CC(C)(CN1CC[C@@H](c2ccccc2)C1=O)[C@@H](OC(=O)c1ccccc1)C(=O)NC1CCCCC1. The first-order chi connectivity index (χ1) is 16.8. The first kappa shape index (κ1) is 25.0. The molecule has 2 aliphatic rings. The average molecular weight is 477 g/mol. The van der Waals surface area contributed by atoms with Crippen LogP contribution < -0.4 is 5.32 Å². The molecule has 1 N–H and O–H groups in total. The molecule has 2 fully saturated rings. The molecule has 2 aromatic rings. The second kappa shape index (κ2) is 11.1. The molecule has 1 saturated carbocycles. The van der Waals surface area contributed by atoms with Gasteiger partial charge in [0.1, 0.15) is 0 Å². The van der Waals surface area contributed by atoms with Crippen molar-refractivity contribution < 1.29 is 19.1 Å². The first-order valence-electron chi connectivity index (χ1n) is 12.8. The van der Waals surface area contributed by atoms with Crippen molar-refractivity contribution in [2.45, 2.75) is 70.4 Å². The summed E-state index contributed by atoms with van der Waals surface area (Å²) in [7, 11) is 0. The van der Waals surface area contributed by atoms with Crippen molar-refractivity contribution in [2.24, 2.45) is 5.41 Å². The Morgan fingerprint density at radius 1 is 0.971 bits per heavy atom. The number of nitrogens with one attached hydrogen (secondary N) is 1. The van der Waals surface area contributed by atoms with E-state index in [-0.39, 0.29) is 23.8 Å². The fourth-order valence-corrected chi connectivity index (χ4v) is 5.31. The molecule has 1 saturated heterocycles. The molecule has 1 aliphatic carbocycles. The Balaban J connectivity index is 1.50. The Morgan fingerprint density at radius 3 is 2.26 bits per heavy atom. The van der Waals surface area contributed by atoms with Gasteiger partial charge >= 0.3 is 5.97 Å². The van der Waals surface area contributed by atoms with E-state index >= 15 is 0 Å². The zero-order valence-corrected chi connectivity index (χ0v) is 20.7. The summed E-state index contributed by atoms with van der Waals surface area (Å²) in [6, 6.07) is 18.6. The molecule has 1 heterocycles. The molecule has 0 spiro atoms. The second-order valence-electron chi connectivity index (χ2n) is 10.5. The minimum Gasteiger partial charge on any atom is -0.448 e. The van der Waals surface area contributed by atoms with E-state index in [1.807, 2.05) is 55.1 Å². The molecule has 35 heavy (non-hydrogen) atoms. The molecule has 0 unspecified atom stereocenters. The molecule has 6 heteroatoms. The molecular weight excluding hydrogens is 440 g/mol. The van der Waals surface area contributed by atoms with Crippen molar-refractivity contribution in [3.8, 4) is 0 Å². The van der Waals surface area contributed by atoms with Gasteiger partial charge in [0.25, 0.3) is 5.91 Å². The number of hydrogen-bond acceptors (Lipinski definition) is 4. The Hall–Kier alpha value is -3.15. The van der Waals surface area contributed by atoms with Gasteiger partial charge in [-0.2, -0.15) is 0 Å². The van der Waals surface area contributed by atoms with E-state index in [2.05, 4.69) is 5.32 Å². The Labute approximate surface area is 208 Å². The van der Waals surface area contributed by atoms with Crippen molar-refractivity contribution in [3.05, 3.63) is 71.8 Å². The van der Waals surface area contributed by atoms with Gasteiger partial charge in [0.15, 0.2) is 6.10 Å². The number of amides is 2. The van der Waals surface area contributed by atoms with Crippen molar-refractivity contribution in [1.29, 1.82) is 0 Å².